The number of aromatic nitrogens is 2. The molecule has 0 fully saturated rings. The van der Waals surface area contributed by atoms with Crippen molar-refractivity contribution >= 4 is 0 Å². The summed E-state index contributed by atoms with van der Waals surface area (Å²) in [6.45, 7) is 2.02. The van der Waals surface area contributed by atoms with E-state index in [0.29, 0.717) is 0 Å². The SMILES string of the molecule is CCc1[nH]c(=O)[nH]c1Cc1ccc(OC)cc1. The Hall–Kier alpha value is -1.97. The summed E-state index contributed by atoms with van der Waals surface area (Å²) in [5, 5.41) is 0. The van der Waals surface area contributed by atoms with Crippen LogP contribution in [0.2, 0.25) is 0 Å². The molecular formula is C13H16N2O2. The van der Waals surface area contributed by atoms with Gasteiger partial charge in [-0.15, -0.1) is 0 Å². The van der Waals surface area contributed by atoms with Gasteiger partial charge in [0, 0.05) is 17.8 Å². The number of hydrogen-bond acceptors (Lipinski definition) is 2. The lowest BCUT2D eigenvalue weighted by Crippen LogP contribution is -2.01. The third kappa shape index (κ3) is 2.58. The molecule has 2 aromatic rings. The molecule has 0 aliphatic heterocycles. The van der Waals surface area contributed by atoms with Crippen molar-refractivity contribution in [1.82, 2.24) is 9.97 Å². The maximum absolute atomic E-state index is 11.2. The van der Waals surface area contributed by atoms with Gasteiger partial charge in [0.15, 0.2) is 0 Å². The average Bonchev–Trinajstić information content (AvgIpc) is 2.70. The third-order valence-electron chi connectivity index (χ3n) is 2.79. The van der Waals surface area contributed by atoms with Gasteiger partial charge in [-0.3, -0.25) is 0 Å². The van der Waals surface area contributed by atoms with Crippen LogP contribution in [0.3, 0.4) is 0 Å². The van der Waals surface area contributed by atoms with Gasteiger partial charge in [-0.25, -0.2) is 4.79 Å². The first-order valence-corrected chi connectivity index (χ1v) is 5.66. The molecule has 1 aromatic carbocycles. The number of aryl methyl sites for hydroxylation is 1. The van der Waals surface area contributed by atoms with Crippen molar-refractivity contribution in [3.63, 3.8) is 0 Å². The predicted molar refractivity (Wildman–Crippen MR) is 66.6 cm³/mol. The average molecular weight is 232 g/mol. The van der Waals surface area contributed by atoms with Crippen LogP contribution < -0.4 is 10.4 Å². The number of benzene rings is 1. The first kappa shape index (κ1) is 11.5. The minimum Gasteiger partial charge on any atom is -0.497 e. The number of methoxy groups -OCH3 is 1. The zero-order valence-electron chi connectivity index (χ0n) is 10.0. The van der Waals surface area contributed by atoms with E-state index in [1.54, 1.807) is 7.11 Å². The van der Waals surface area contributed by atoms with Crippen LogP contribution in [-0.4, -0.2) is 17.1 Å². The van der Waals surface area contributed by atoms with Gasteiger partial charge >= 0.3 is 5.69 Å². The van der Waals surface area contributed by atoms with Crippen molar-refractivity contribution in [2.45, 2.75) is 19.8 Å². The van der Waals surface area contributed by atoms with Gasteiger partial charge in [-0.05, 0) is 24.1 Å². The van der Waals surface area contributed by atoms with E-state index in [-0.39, 0.29) is 5.69 Å². The molecule has 90 valence electrons. The topological polar surface area (TPSA) is 57.9 Å². The van der Waals surface area contributed by atoms with Gasteiger partial charge in [0.25, 0.3) is 0 Å². The first-order chi connectivity index (χ1) is 8.22. The van der Waals surface area contributed by atoms with Gasteiger partial charge in [0.1, 0.15) is 5.75 Å². The number of H-pyrrole nitrogens is 2. The van der Waals surface area contributed by atoms with E-state index >= 15 is 0 Å². The molecule has 0 saturated carbocycles. The van der Waals surface area contributed by atoms with E-state index < -0.39 is 0 Å². The van der Waals surface area contributed by atoms with Crippen LogP contribution in [0, 0.1) is 0 Å². The number of hydrogen-bond donors (Lipinski definition) is 2. The number of aromatic amines is 2. The highest BCUT2D eigenvalue weighted by atomic mass is 16.5. The fourth-order valence-electron chi connectivity index (χ4n) is 1.86. The second-order valence-electron chi connectivity index (χ2n) is 3.91. The lowest BCUT2D eigenvalue weighted by Gasteiger charge is -2.03. The van der Waals surface area contributed by atoms with Gasteiger partial charge in [0.05, 0.1) is 7.11 Å². The van der Waals surface area contributed by atoms with E-state index in [4.69, 9.17) is 4.74 Å². The van der Waals surface area contributed by atoms with E-state index in [1.165, 1.54) is 0 Å². The Morgan fingerprint density at radius 2 is 1.76 bits per heavy atom. The quantitative estimate of drug-likeness (QED) is 0.845. The molecular weight excluding hydrogens is 216 g/mol. The smallest absolute Gasteiger partial charge is 0.323 e. The Balaban J connectivity index is 2.21. The standard InChI is InChI=1S/C13H16N2O2/c1-3-11-12(15-13(16)14-11)8-9-4-6-10(17-2)7-5-9/h4-7H,3,8H2,1-2H3,(H2,14,15,16). The van der Waals surface area contributed by atoms with Crippen LogP contribution in [0.1, 0.15) is 23.9 Å². The lowest BCUT2D eigenvalue weighted by molar-refractivity contribution is 0.414. The van der Waals surface area contributed by atoms with Gasteiger partial charge < -0.3 is 14.7 Å². The highest BCUT2D eigenvalue weighted by molar-refractivity contribution is 5.30. The van der Waals surface area contributed by atoms with Crippen LogP contribution in [0.25, 0.3) is 0 Å². The van der Waals surface area contributed by atoms with Crippen molar-refractivity contribution in [1.29, 1.82) is 0 Å². The molecule has 4 heteroatoms. The van der Waals surface area contributed by atoms with Crippen molar-refractivity contribution in [2.24, 2.45) is 0 Å². The van der Waals surface area contributed by atoms with Gasteiger partial charge in [-0.2, -0.15) is 0 Å². The summed E-state index contributed by atoms with van der Waals surface area (Å²) in [5.74, 6) is 0.840. The molecule has 4 nitrogen and oxygen atoms in total. The Bertz CT molecular complexity index is 537. The second kappa shape index (κ2) is 4.91. The van der Waals surface area contributed by atoms with Gasteiger partial charge in [0.2, 0.25) is 0 Å². The number of imidazole rings is 1. The Morgan fingerprint density at radius 1 is 1.12 bits per heavy atom. The summed E-state index contributed by atoms with van der Waals surface area (Å²) in [4.78, 5) is 16.9. The Morgan fingerprint density at radius 3 is 2.35 bits per heavy atom. The molecule has 0 spiro atoms. The zero-order valence-corrected chi connectivity index (χ0v) is 10.0. The normalized spacial score (nSPS) is 10.5. The summed E-state index contributed by atoms with van der Waals surface area (Å²) in [6.07, 6.45) is 1.55. The van der Waals surface area contributed by atoms with E-state index in [2.05, 4.69) is 9.97 Å². The molecule has 1 heterocycles. The highest BCUT2D eigenvalue weighted by Crippen LogP contribution is 2.14. The maximum Gasteiger partial charge on any atom is 0.323 e. The van der Waals surface area contributed by atoms with Crippen LogP contribution in [0.4, 0.5) is 0 Å². The Kier molecular flexibility index (Phi) is 3.32. The minimum atomic E-state index is -0.134. The first-order valence-electron chi connectivity index (χ1n) is 5.66. The van der Waals surface area contributed by atoms with Crippen molar-refractivity contribution in [3.8, 4) is 5.75 Å². The molecule has 2 N–H and O–H groups in total. The third-order valence-corrected chi connectivity index (χ3v) is 2.79. The largest absolute Gasteiger partial charge is 0.497 e. The van der Waals surface area contributed by atoms with Crippen LogP contribution in [-0.2, 0) is 12.8 Å². The van der Waals surface area contributed by atoms with E-state index in [0.717, 1.165) is 35.5 Å². The molecule has 0 aliphatic carbocycles. The molecule has 1 aromatic heterocycles. The molecule has 0 amide bonds. The molecule has 0 aliphatic rings. The van der Waals surface area contributed by atoms with Gasteiger partial charge in [-0.1, -0.05) is 19.1 Å². The molecule has 0 unspecified atom stereocenters. The summed E-state index contributed by atoms with van der Waals surface area (Å²) >= 11 is 0. The van der Waals surface area contributed by atoms with Crippen LogP contribution in [0.15, 0.2) is 29.1 Å². The van der Waals surface area contributed by atoms with Crippen molar-refractivity contribution in [3.05, 3.63) is 51.7 Å². The fourth-order valence-corrected chi connectivity index (χ4v) is 1.86. The highest BCUT2D eigenvalue weighted by Gasteiger charge is 2.06. The number of ether oxygens (including phenoxy) is 1. The summed E-state index contributed by atoms with van der Waals surface area (Å²) < 4.78 is 5.10. The summed E-state index contributed by atoms with van der Waals surface area (Å²) in [7, 11) is 1.65. The molecule has 0 atom stereocenters. The van der Waals surface area contributed by atoms with E-state index in [1.807, 2.05) is 31.2 Å². The monoisotopic (exact) mass is 232 g/mol. The van der Waals surface area contributed by atoms with Crippen molar-refractivity contribution in [2.75, 3.05) is 7.11 Å². The predicted octanol–water partition coefficient (Wildman–Crippen LogP) is 1.86. The summed E-state index contributed by atoms with van der Waals surface area (Å²) in [5.41, 5.74) is 2.95. The zero-order chi connectivity index (χ0) is 12.3. The molecule has 0 saturated heterocycles. The number of nitrogens with one attached hydrogen (secondary N) is 2. The minimum absolute atomic E-state index is 0.134. The lowest BCUT2D eigenvalue weighted by atomic mass is 10.1. The maximum atomic E-state index is 11.2. The molecule has 17 heavy (non-hydrogen) atoms. The van der Waals surface area contributed by atoms with Crippen LogP contribution in [0.5, 0.6) is 5.75 Å². The Labute approximate surface area is 99.7 Å². The van der Waals surface area contributed by atoms with Crippen molar-refractivity contribution < 1.29 is 4.74 Å². The van der Waals surface area contributed by atoms with E-state index in [9.17, 15) is 4.79 Å². The molecule has 0 radical (unpaired) electrons. The molecule has 2 rings (SSSR count). The summed E-state index contributed by atoms with van der Waals surface area (Å²) in [6, 6.07) is 7.85. The fraction of sp³-hybridized carbons (Fsp3) is 0.308. The number of rotatable bonds is 4. The van der Waals surface area contributed by atoms with Crippen LogP contribution >= 0.6 is 0 Å². The second-order valence-corrected chi connectivity index (χ2v) is 3.91. The molecule has 0 bridgehead atoms.